The molecule has 0 aliphatic carbocycles. The van der Waals surface area contributed by atoms with E-state index >= 15 is 0 Å². The Morgan fingerprint density at radius 1 is 1.13 bits per heavy atom. The lowest BCUT2D eigenvalue weighted by Gasteiger charge is -2.06. The van der Waals surface area contributed by atoms with E-state index < -0.39 is 18.4 Å². The molecule has 1 aromatic heterocycles. The molecule has 0 fully saturated rings. The molecule has 3 aromatic rings. The molecule has 0 atom stereocenters. The SMILES string of the molecule is O=C(OCC(=O)c1c[nH]c2ccccc12)c1cc(F)ccc1Br. The Hall–Kier alpha value is -2.47. The molecule has 0 saturated heterocycles. The van der Waals surface area contributed by atoms with E-state index in [0.717, 1.165) is 17.0 Å². The zero-order valence-corrected chi connectivity index (χ0v) is 13.4. The first kappa shape index (κ1) is 15.4. The second-order valence-corrected chi connectivity index (χ2v) is 5.73. The lowest BCUT2D eigenvalue weighted by Crippen LogP contribution is -2.14. The number of aromatic amines is 1. The fourth-order valence-corrected chi connectivity index (χ4v) is 2.65. The molecule has 1 heterocycles. The molecule has 0 radical (unpaired) electrons. The molecule has 0 unspecified atom stereocenters. The van der Waals surface area contributed by atoms with Gasteiger partial charge >= 0.3 is 5.97 Å². The number of esters is 1. The summed E-state index contributed by atoms with van der Waals surface area (Å²) < 4.78 is 18.6. The van der Waals surface area contributed by atoms with E-state index in [4.69, 9.17) is 4.74 Å². The van der Waals surface area contributed by atoms with Gasteiger partial charge < -0.3 is 9.72 Å². The van der Waals surface area contributed by atoms with Crippen LogP contribution < -0.4 is 0 Å². The van der Waals surface area contributed by atoms with Gasteiger partial charge in [-0.15, -0.1) is 0 Å². The smallest absolute Gasteiger partial charge is 0.339 e. The molecule has 6 heteroatoms. The number of benzene rings is 2. The Kier molecular flexibility index (Phi) is 4.25. The van der Waals surface area contributed by atoms with E-state index in [1.165, 1.54) is 12.1 Å². The summed E-state index contributed by atoms with van der Waals surface area (Å²) in [5.41, 5.74) is 1.32. The van der Waals surface area contributed by atoms with Crippen LogP contribution in [0.3, 0.4) is 0 Å². The van der Waals surface area contributed by atoms with Crippen LogP contribution in [0, 0.1) is 5.82 Å². The van der Waals surface area contributed by atoms with Crippen LogP contribution in [0.15, 0.2) is 53.1 Å². The second kappa shape index (κ2) is 6.34. The molecule has 3 rings (SSSR count). The largest absolute Gasteiger partial charge is 0.454 e. The summed E-state index contributed by atoms with van der Waals surface area (Å²) in [6, 6.07) is 11.0. The molecule has 23 heavy (non-hydrogen) atoms. The van der Waals surface area contributed by atoms with Crippen molar-refractivity contribution in [3.05, 3.63) is 70.1 Å². The number of halogens is 2. The van der Waals surface area contributed by atoms with E-state index in [-0.39, 0.29) is 11.3 Å². The van der Waals surface area contributed by atoms with Crippen LogP contribution >= 0.6 is 15.9 Å². The zero-order valence-electron chi connectivity index (χ0n) is 11.8. The molecule has 2 aromatic carbocycles. The fraction of sp³-hybridized carbons (Fsp3) is 0.0588. The first-order chi connectivity index (χ1) is 11.1. The minimum absolute atomic E-state index is 0.0386. The van der Waals surface area contributed by atoms with E-state index in [0.29, 0.717) is 10.0 Å². The zero-order chi connectivity index (χ0) is 16.4. The summed E-state index contributed by atoms with van der Waals surface area (Å²) in [4.78, 5) is 27.2. The topological polar surface area (TPSA) is 59.2 Å². The Balaban J connectivity index is 1.74. The van der Waals surface area contributed by atoms with Crippen molar-refractivity contribution in [2.45, 2.75) is 0 Å². The summed E-state index contributed by atoms with van der Waals surface area (Å²) in [5, 5.41) is 0.764. The van der Waals surface area contributed by atoms with Crippen LogP contribution in [0.4, 0.5) is 4.39 Å². The van der Waals surface area contributed by atoms with E-state index in [9.17, 15) is 14.0 Å². The number of hydrogen-bond donors (Lipinski definition) is 1. The number of ketones is 1. The summed E-state index contributed by atoms with van der Waals surface area (Å²) in [5.74, 6) is -1.64. The molecule has 0 aliphatic heterocycles. The Bertz CT molecular complexity index is 904. The number of nitrogens with one attached hydrogen (secondary N) is 1. The number of Topliss-reactive ketones (excluding diaryl/α,β-unsaturated/α-hetero) is 1. The number of hydrogen-bond acceptors (Lipinski definition) is 3. The number of aromatic nitrogens is 1. The van der Waals surface area contributed by atoms with Crippen molar-refractivity contribution in [3.8, 4) is 0 Å². The van der Waals surface area contributed by atoms with Crippen LogP contribution in [-0.2, 0) is 4.74 Å². The highest BCUT2D eigenvalue weighted by atomic mass is 79.9. The van der Waals surface area contributed by atoms with Gasteiger partial charge in [0.05, 0.1) is 5.56 Å². The summed E-state index contributed by atoms with van der Waals surface area (Å²) in [7, 11) is 0. The summed E-state index contributed by atoms with van der Waals surface area (Å²) in [6.45, 7) is -0.413. The Morgan fingerprint density at radius 2 is 1.91 bits per heavy atom. The van der Waals surface area contributed by atoms with Crippen molar-refractivity contribution in [2.75, 3.05) is 6.61 Å². The standard InChI is InChI=1S/C17H11BrFNO3/c18-14-6-5-10(19)7-12(14)17(22)23-9-16(21)13-8-20-15-4-2-1-3-11(13)15/h1-8,20H,9H2. The van der Waals surface area contributed by atoms with Crippen molar-refractivity contribution in [1.29, 1.82) is 0 Å². The van der Waals surface area contributed by atoms with Gasteiger partial charge in [-0.25, -0.2) is 9.18 Å². The van der Waals surface area contributed by atoms with Crippen molar-refractivity contribution >= 4 is 38.6 Å². The lowest BCUT2D eigenvalue weighted by atomic mass is 10.1. The van der Waals surface area contributed by atoms with Gasteiger partial charge in [-0.3, -0.25) is 4.79 Å². The van der Waals surface area contributed by atoms with Gasteiger partial charge in [0.1, 0.15) is 5.82 Å². The van der Waals surface area contributed by atoms with Gasteiger partial charge in [0.15, 0.2) is 6.61 Å². The van der Waals surface area contributed by atoms with Gasteiger partial charge in [0.25, 0.3) is 0 Å². The van der Waals surface area contributed by atoms with Crippen LogP contribution in [0.2, 0.25) is 0 Å². The van der Waals surface area contributed by atoms with Gasteiger partial charge in [-0.1, -0.05) is 18.2 Å². The molecular weight excluding hydrogens is 365 g/mol. The molecule has 0 saturated carbocycles. The van der Waals surface area contributed by atoms with E-state index in [1.807, 2.05) is 24.3 Å². The molecule has 116 valence electrons. The van der Waals surface area contributed by atoms with Gasteiger partial charge in [0.2, 0.25) is 5.78 Å². The first-order valence-corrected chi connectivity index (χ1v) is 7.57. The third kappa shape index (κ3) is 3.17. The number of rotatable bonds is 4. The van der Waals surface area contributed by atoms with Gasteiger partial charge in [-0.2, -0.15) is 0 Å². The lowest BCUT2D eigenvalue weighted by molar-refractivity contribution is 0.0474. The number of fused-ring (bicyclic) bond motifs is 1. The van der Waals surface area contributed by atoms with Gasteiger partial charge in [0, 0.05) is 27.1 Å². The highest BCUT2D eigenvalue weighted by molar-refractivity contribution is 9.10. The maximum absolute atomic E-state index is 13.2. The van der Waals surface area contributed by atoms with E-state index in [2.05, 4.69) is 20.9 Å². The Labute approximate surface area is 139 Å². The molecular formula is C17H11BrFNO3. The summed E-state index contributed by atoms with van der Waals surface area (Å²) in [6.07, 6.45) is 1.58. The minimum Gasteiger partial charge on any atom is -0.454 e. The first-order valence-electron chi connectivity index (χ1n) is 6.78. The highest BCUT2D eigenvalue weighted by Gasteiger charge is 2.17. The highest BCUT2D eigenvalue weighted by Crippen LogP contribution is 2.20. The Morgan fingerprint density at radius 3 is 2.74 bits per heavy atom. The summed E-state index contributed by atoms with van der Waals surface area (Å²) >= 11 is 3.15. The molecule has 4 nitrogen and oxygen atoms in total. The molecule has 1 N–H and O–H groups in total. The van der Waals surface area contributed by atoms with Crippen molar-refractivity contribution in [1.82, 2.24) is 4.98 Å². The van der Waals surface area contributed by atoms with Crippen molar-refractivity contribution < 1.29 is 18.7 Å². The van der Waals surface area contributed by atoms with Crippen LogP contribution in [0.1, 0.15) is 20.7 Å². The molecule has 0 aliphatic rings. The second-order valence-electron chi connectivity index (χ2n) is 4.87. The number of para-hydroxylation sites is 1. The molecule has 0 bridgehead atoms. The van der Waals surface area contributed by atoms with Crippen molar-refractivity contribution in [3.63, 3.8) is 0 Å². The molecule has 0 amide bonds. The monoisotopic (exact) mass is 375 g/mol. The van der Waals surface area contributed by atoms with E-state index in [1.54, 1.807) is 6.20 Å². The van der Waals surface area contributed by atoms with Gasteiger partial charge in [-0.05, 0) is 40.2 Å². The average molecular weight is 376 g/mol. The molecule has 0 spiro atoms. The van der Waals surface area contributed by atoms with Crippen LogP contribution in [0.25, 0.3) is 10.9 Å². The number of carbonyl (C=O) groups excluding carboxylic acids is 2. The maximum Gasteiger partial charge on any atom is 0.339 e. The van der Waals surface area contributed by atoms with Crippen LogP contribution in [0.5, 0.6) is 0 Å². The maximum atomic E-state index is 13.2. The number of ether oxygens (including phenoxy) is 1. The van der Waals surface area contributed by atoms with Crippen LogP contribution in [-0.4, -0.2) is 23.3 Å². The quantitative estimate of drug-likeness (QED) is 0.551. The number of H-pyrrole nitrogens is 1. The third-order valence-electron chi connectivity index (χ3n) is 3.37. The third-order valence-corrected chi connectivity index (χ3v) is 4.06. The normalized spacial score (nSPS) is 10.7. The average Bonchev–Trinajstić information content (AvgIpc) is 2.98. The predicted molar refractivity (Wildman–Crippen MR) is 87.0 cm³/mol. The number of carbonyl (C=O) groups is 2. The van der Waals surface area contributed by atoms with Crippen molar-refractivity contribution in [2.24, 2.45) is 0 Å². The fourth-order valence-electron chi connectivity index (χ4n) is 2.24. The predicted octanol–water partition coefficient (Wildman–Crippen LogP) is 4.11. The minimum atomic E-state index is -0.760.